The van der Waals surface area contributed by atoms with Crippen LogP contribution in [0.5, 0.6) is 0 Å². The number of hydrogen-bond acceptors (Lipinski definition) is 5. The molecule has 0 spiro atoms. The number of fused-ring (bicyclic) bond motifs is 1. The maximum absolute atomic E-state index is 12.2. The second kappa shape index (κ2) is 7.11. The van der Waals surface area contributed by atoms with Crippen LogP contribution >= 0.6 is 11.6 Å². The van der Waals surface area contributed by atoms with Gasteiger partial charge in [-0.25, -0.2) is 4.68 Å². The van der Waals surface area contributed by atoms with Gasteiger partial charge in [0.15, 0.2) is 0 Å². The van der Waals surface area contributed by atoms with E-state index in [1.54, 1.807) is 19.9 Å². The molecule has 0 fully saturated rings. The average Bonchev–Trinajstić information content (AvgIpc) is 2.93. The Morgan fingerprint density at radius 3 is 2.88 bits per heavy atom. The maximum Gasteiger partial charge on any atom is 0.327 e. The maximum atomic E-state index is 12.2. The van der Waals surface area contributed by atoms with Gasteiger partial charge < -0.3 is 9.15 Å². The van der Waals surface area contributed by atoms with Gasteiger partial charge in [0.25, 0.3) is 5.56 Å². The van der Waals surface area contributed by atoms with E-state index in [0.717, 1.165) is 21.2 Å². The summed E-state index contributed by atoms with van der Waals surface area (Å²) in [6.07, 6.45) is 0.431. The van der Waals surface area contributed by atoms with Crippen LogP contribution in [0.1, 0.15) is 23.9 Å². The summed E-state index contributed by atoms with van der Waals surface area (Å²) in [4.78, 5) is 23.7. The predicted octanol–water partition coefficient (Wildman–Crippen LogP) is 3.11. The topological polar surface area (TPSA) is 74.3 Å². The van der Waals surface area contributed by atoms with Crippen LogP contribution in [-0.4, -0.2) is 22.4 Å². The molecule has 0 N–H and O–H groups in total. The van der Waals surface area contributed by atoms with Gasteiger partial charge in [-0.3, -0.25) is 9.59 Å². The first-order chi connectivity index (χ1) is 12.0. The molecule has 2 aromatic heterocycles. The molecule has 6 nitrogen and oxygen atoms in total. The first-order valence-electron chi connectivity index (χ1n) is 7.87. The van der Waals surface area contributed by atoms with Crippen LogP contribution < -0.4 is 5.56 Å². The number of aromatic nitrogens is 2. The van der Waals surface area contributed by atoms with Gasteiger partial charge in [-0.1, -0.05) is 11.6 Å². The molecule has 0 amide bonds. The average molecular weight is 361 g/mol. The van der Waals surface area contributed by atoms with Crippen molar-refractivity contribution in [3.05, 3.63) is 62.7 Å². The van der Waals surface area contributed by atoms with Gasteiger partial charge in [-0.2, -0.15) is 5.10 Å². The second-order valence-electron chi connectivity index (χ2n) is 5.63. The fourth-order valence-electron chi connectivity index (χ4n) is 2.59. The number of esters is 1. The number of hydrogen-bond donors (Lipinski definition) is 0. The number of benzene rings is 1. The fraction of sp³-hybridized carbons (Fsp3) is 0.278. The largest absolute Gasteiger partial charge is 0.465 e. The Balaban J connectivity index is 1.85. The molecule has 0 atom stereocenters. The highest BCUT2D eigenvalue weighted by molar-refractivity contribution is 6.31. The Morgan fingerprint density at radius 1 is 1.32 bits per heavy atom. The minimum Gasteiger partial charge on any atom is -0.465 e. The van der Waals surface area contributed by atoms with E-state index in [4.69, 9.17) is 20.8 Å². The van der Waals surface area contributed by atoms with Gasteiger partial charge in [0.05, 0.1) is 12.3 Å². The van der Waals surface area contributed by atoms with Crippen molar-refractivity contribution >= 4 is 28.5 Å². The number of rotatable bonds is 5. The number of carbonyl (C=O) groups excluding carboxylic acids is 1. The molecule has 7 heteroatoms. The summed E-state index contributed by atoms with van der Waals surface area (Å²) in [6, 6.07) is 8.77. The molecule has 3 aromatic rings. The van der Waals surface area contributed by atoms with E-state index in [9.17, 15) is 9.59 Å². The van der Waals surface area contributed by atoms with E-state index >= 15 is 0 Å². The first kappa shape index (κ1) is 17.2. The fourth-order valence-corrected chi connectivity index (χ4v) is 2.77. The quantitative estimate of drug-likeness (QED) is 0.653. The van der Waals surface area contributed by atoms with Crippen LogP contribution in [0.2, 0.25) is 5.02 Å². The normalized spacial score (nSPS) is 11.0. The molecule has 0 unspecified atom stereocenters. The molecule has 0 aliphatic carbocycles. The molecular formula is C18H17ClN2O4. The minimum absolute atomic E-state index is 0.197. The van der Waals surface area contributed by atoms with E-state index in [-0.39, 0.29) is 18.7 Å². The van der Waals surface area contributed by atoms with Crippen LogP contribution in [0.4, 0.5) is 0 Å². The van der Waals surface area contributed by atoms with Gasteiger partial charge in [-0.05, 0) is 43.7 Å². The highest BCUT2D eigenvalue weighted by Gasteiger charge is 2.12. The van der Waals surface area contributed by atoms with Crippen molar-refractivity contribution in [2.24, 2.45) is 0 Å². The molecule has 0 saturated carbocycles. The van der Waals surface area contributed by atoms with Crippen LogP contribution in [0.3, 0.4) is 0 Å². The van der Waals surface area contributed by atoms with Crippen molar-refractivity contribution in [1.29, 1.82) is 0 Å². The molecule has 0 aliphatic heterocycles. The SMILES string of the molecule is CCOC(=O)Cn1nc(C)c(Cc2cc3cc(Cl)ccc3o2)cc1=O. The molecular weight excluding hydrogens is 344 g/mol. The van der Waals surface area contributed by atoms with Crippen LogP contribution in [-0.2, 0) is 22.5 Å². The van der Waals surface area contributed by atoms with Gasteiger partial charge >= 0.3 is 5.97 Å². The Hall–Kier alpha value is -2.60. The molecule has 2 heterocycles. The van der Waals surface area contributed by atoms with Crippen molar-refractivity contribution in [3.63, 3.8) is 0 Å². The second-order valence-corrected chi connectivity index (χ2v) is 6.06. The number of carbonyl (C=O) groups is 1. The highest BCUT2D eigenvalue weighted by Crippen LogP contribution is 2.24. The summed E-state index contributed by atoms with van der Waals surface area (Å²) in [5.74, 6) is 0.225. The van der Waals surface area contributed by atoms with Crippen molar-refractivity contribution in [3.8, 4) is 0 Å². The summed E-state index contributed by atoms with van der Waals surface area (Å²) in [5, 5.41) is 5.74. The van der Waals surface area contributed by atoms with Crippen LogP contribution in [0, 0.1) is 6.92 Å². The van der Waals surface area contributed by atoms with Gasteiger partial charge in [-0.15, -0.1) is 0 Å². The summed E-state index contributed by atoms with van der Waals surface area (Å²) in [6.45, 7) is 3.57. The summed E-state index contributed by atoms with van der Waals surface area (Å²) in [5.41, 5.74) is 1.78. The zero-order valence-corrected chi connectivity index (χ0v) is 14.7. The van der Waals surface area contributed by atoms with Gasteiger partial charge in [0.2, 0.25) is 0 Å². The van der Waals surface area contributed by atoms with Crippen LogP contribution in [0.15, 0.2) is 39.5 Å². The number of halogens is 1. The van der Waals surface area contributed by atoms with Crippen LogP contribution in [0.25, 0.3) is 11.0 Å². The van der Waals surface area contributed by atoms with Gasteiger partial charge in [0.1, 0.15) is 17.9 Å². The summed E-state index contributed by atoms with van der Waals surface area (Å²) in [7, 11) is 0. The smallest absolute Gasteiger partial charge is 0.327 e. The lowest BCUT2D eigenvalue weighted by Gasteiger charge is -2.08. The monoisotopic (exact) mass is 360 g/mol. The predicted molar refractivity (Wildman–Crippen MR) is 93.9 cm³/mol. The number of furan rings is 1. The standard InChI is InChI=1S/C18H17ClN2O4/c1-3-24-18(23)10-21-17(22)9-12(11(2)20-21)7-15-8-13-6-14(19)4-5-16(13)25-15/h4-6,8-9H,3,7,10H2,1-2H3. The van der Waals surface area contributed by atoms with Crippen molar-refractivity contribution in [1.82, 2.24) is 9.78 Å². The van der Waals surface area contributed by atoms with Crippen molar-refractivity contribution in [2.75, 3.05) is 6.61 Å². The van der Waals surface area contributed by atoms with Crippen molar-refractivity contribution in [2.45, 2.75) is 26.8 Å². The molecule has 25 heavy (non-hydrogen) atoms. The third-order valence-corrected chi connectivity index (χ3v) is 4.00. The molecule has 3 rings (SSSR count). The number of ether oxygens (including phenoxy) is 1. The lowest BCUT2D eigenvalue weighted by atomic mass is 10.1. The first-order valence-corrected chi connectivity index (χ1v) is 8.25. The highest BCUT2D eigenvalue weighted by atomic mass is 35.5. The zero-order chi connectivity index (χ0) is 18.0. The molecule has 0 saturated heterocycles. The Bertz CT molecular complexity index is 990. The molecule has 0 aliphatic rings. The van der Waals surface area contributed by atoms with Gasteiger partial charge in [0, 0.05) is 22.9 Å². The minimum atomic E-state index is -0.488. The number of nitrogens with zero attached hydrogens (tertiary/aromatic N) is 2. The molecule has 130 valence electrons. The Morgan fingerprint density at radius 2 is 2.12 bits per heavy atom. The molecule has 1 aromatic carbocycles. The summed E-state index contributed by atoms with van der Waals surface area (Å²) >= 11 is 5.98. The third-order valence-electron chi connectivity index (χ3n) is 3.77. The van der Waals surface area contributed by atoms with Crippen molar-refractivity contribution < 1.29 is 13.9 Å². The van der Waals surface area contributed by atoms with E-state index in [0.29, 0.717) is 22.9 Å². The molecule has 0 radical (unpaired) electrons. The van der Waals surface area contributed by atoms with E-state index in [2.05, 4.69) is 5.10 Å². The lowest BCUT2D eigenvalue weighted by Crippen LogP contribution is -2.28. The lowest BCUT2D eigenvalue weighted by molar-refractivity contribution is -0.144. The zero-order valence-electron chi connectivity index (χ0n) is 13.9. The summed E-state index contributed by atoms with van der Waals surface area (Å²) < 4.78 is 11.7. The number of aryl methyl sites for hydroxylation is 1. The third kappa shape index (κ3) is 3.91. The Labute approximate surface area is 149 Å². The molecule has 0 bridgehead atoms. The Kier molecular flexibility index (Phi) is 4.90. The van der Waals surface area contributed by atoms with E-state index < -0.39 is 5.97 Å². The van der Waals surface area contributed by atoms with E-state index in [1.807, 2.05) is 18.2 Å². The van der Waals surface area contributed by atoms with E-state index in [1.165, 1.54) is 6.07 Å².